The standard InChI is InChI=1S/C11H14BrFN2/c1-7(2)6-15-11(14)8-3-4-10(13)9(12)5-8/h3-5,7H,6H2,1-2H3,(H2,14,15). The van der Waals surface area contributed by atoms with Gasteiger partial charge in [0, 0.05) is 12.1 Å². The molecule has 0 aliphatic carbocycles. The molecule has 0 saturated heterocycles. The number of benzene rings is 1. The molecule has 0 fully saturated rings. The Hall–Kier alpha value is -0.900. The van der Waals surface area contributed by atoms with E-state index in [1.807, 2.05) is 0 Å². The van der Waals surface area contributed by atoms with Crippen LogP contribution < -0.4 is 5.73 Å². The van der Waals surface area contributed by atoms with Crippen molar-refractivity contribution in [2.75, 3.05) is 6.54 Å². The zero-order valence-corrected chi connectivity index (χ0v) is 10.4. The van der Waals surface area contributed by atoms with Crippen LogP contribution in [0.3, 0.4) is 0 Å². The lowest BCUT2D eigenvalue weighted by Crippen LogP contribution is -2.15. The van der Waals surface area contributed by atoms with Crippen LogP contribution in [0.15, 0.2) is 27.7 Å². The molecule has 1 aromatic rings. The van der Waals surface area contributed by atoms with Gasteiger partial charge in [0.15, 0.2) is 0 Å². The maximum absolute atomic E-state index is 12.9. The van der Waals surface area contributed by atoms with E-state index < -0.39 is 0 Å². The summed E-state index contributed by atoms with van der Waals surface area (Å²) in [5.74, 6) is 0.618. The van der Waals surface area contributed by atoms with Crippen LogP contribution in [-0.4, -0.2) is 12.4 Å². The Morgan fingerprint density at radius 2 is 2.20 bits per heavy atom. The fraction of sp³-hybridized carbons (Fsp3) is 0.364. The van der Waals surface area contributed by atoms with Crippen molar-refractivity contribution in [3.8, 4) is 0 Å². The molecule has 0 unspecified atom stereocenters. The number of nitrogens with two attached hydrogens (primary N) is 1. The molecule has 0 spiro atoms. The molecule has 1 rings (SSSR count). The predicted octanol–water partition coefficient (Wildman–Crippen LogP) is 2.95. The Morgan fingerprint density at radius 1 is 1.53 bits per heavy atom. The minimum Gasteiger partial charge on any atom is -0.384 e. The van der Waals surface area contributed by atoms with Crippen LogP contribution in [0.25, 0.3) is 0 Å². The number of hydrogen-bond donors (Lipinski definition) is 1. The molecule has 0 atom stereocenters. The maximum atomic E-state index is 12.9. The molecule has 0 saturated carbocycles. The van der Waals surface area contributed by atoms with Crippen molar-refractivity contribution in [1.82, 2.24) is 0 Å². The SMILES string of the molecule is CC(C)CN=C(N)c1ccc(F)c(Br)c1. The highest BCUT2D eigenvalue weighted by Crippen LogP contribution is 2.16. The molecule has 2 N–H and O–H groups in total. The van der Waals surface area contributed by atoms with E-state index in [2.05, 4.69) is 34.8 Å². The third-order valence-electron chi connectivity index (χ3n) is 1.84. The first-order valence-corrected chi connectivity index (χ1v) is 5.55. The molecule has 0 aromatic heterocycles. The van der Waals surface area contributed by atoms with Gasteiger partial charge in [-0.1, -0.05) is 13.8 Å². The second-order valence-corrected chi connectivity index (χ2v) is 4.60. The van der Waals surface area contributed by atoms with Gasteiger partial charge in [-0.25, -0.2) is 4.39 Å². The molecule has 2 nitrogen and oxygen atoms in total. The zero-order valence-electron chi connectivity index (χ0n) is 8.80. The van der Waals surface area contributed by atoms with Gasteiger partial charge in [0.25, 0.3) is 0 Å². The number of halogens is 2. The number of rotatable bonds is 3. The topological polar surface area (TPSA) is 38.4 Å². The van der Waals surface area contributed by atoms with Crippen LogP contribution in [0.4, 0.5) is 4.39 Å². The van der Waals surface area contributed by atoms with Gasteiger partial charge in [-0.3, -0.25) is 4.99 Å². The molecule has 0 heterocycles. The summed E-state index contributed by atoms with van der Waals surface area (Å²) in [6.45, 7) is 4.82. The quantitative estimate of drug-likeness (QED) is 0.667. The van der Waals surface area contributed by atoms with E-state index in [0.29, 0.717) is 22.8 Å². The molecule has 4 heteroatoms. The highest BCUT2D eigenvalue weighted by Gasteiger charge is 2.03. The van der Waals surface area contributed by atoms with E-state index in [4.69, 9.17) is 5.73 Å². The summed E-state index contributed by atoms with van der Waals surface area (Å²) in [7, 11) is 0. The molecular formula is C11H14BrFN2. The Labute approximate surface area is 97.5 Å². The van der Waals surface area contributed by atoms with Crippen LogP contribution >= 0.6 is 15.9 Å². The van der Waals surface area contributed by atoms with Gasteiger partial charge < -0.3 is 5.73 Å². The van der Waals surface area contributed by atoms with Crippen LogP contribution in [0, 0.1) is 11.7 Å². The zero-order chi connectivity index (χ0) is 11.4. The van der Waals surface area contributed by atoms with Crippen LogP contribution in [0.5, 0.6) is 0 Å². The van der Waals surface area contributed by atoms with E-state index >= 15 is 0 Å². The Balaban J connectivity index is 2.87. The smallest absolute Gasteiger partial charge is 0.137 e. The van der Waals surface area contributed by atoms with Gasteiger partial charge in [0.1, 0.15) is 11.7 Å². The van der Waals surface area contributed by atoms with E-state index in [9.17, 15) is 4.39 Å². The van der Waals surface area contributed by atoms with Crippen LogP contribution in [-0.2, 0) is 0 Å². The largest absolute Gasteiger partial charge is 0.384 e. The third-order valence-corrected chi connectivity index (χ3v) is 2.45. The molecule has 1 aromatic carbocycles. The average Bonchev–Trinajstić information content (AvgIpc) is 2.18. The van der Waals surface area contributed by atoms with E-state index in [0.717, 1.165) is 5.56 Å². The molecule has 0 aliphatic rings. The Bertz CT molecular complexity index is 375. The number of hydrogen-bond acceptors (Lipinski definition) is 1. The fourth-order valence-electron chi connectivity index (χ4n) is 1.03. The average molecular weight is 273 g/mol. The minimum atomic E-state index is -0.296. The maximum Gasteiger partial charge on any atom is 0.137 e. The van der Waals surface area contributed by atoms with E-state index in [-0.39, 0.29) is 5.82 Å². The normalized spacial score (nSPS) is 12.2. The Morgan fingerprint density at radius 3 is 2.73 bits per heavy atom. The molecule has 15 heavy (non-hydrogen) atoms. The lowest BCUT2D eigenvalue weighted by atomic mass is 10.2. The first-order valence-electron chi connectivity index (χ1n) is 4.76. The lowest BCUT2D eigenvalue weighted by Gasteiger charge is -2.04. The summed E-state index contributed by atoms with van der Waals surface area (Å²) < 4.78 is 13.4. The molecular weight excluding hydrogens is 259 g/mol. The van der Waals surface area contributed by atoms with Gasteiger partial charge in [-0.15, -0.1) is 0 Å². The Kier molecular flexibility index (Phi) is 4.27. The molecule has 0 aliphatic heterocycles. The summed E-state index contributed by atoms with van der Waals surface area (Å²) in [5, 5.41) is 0. The molecule has 0 bridgehead atoms. The van der Waals surface area contributed by atoms with Crippen LogP contribution in [0.2, 0.25) is 0 Å². The number of amidine groups is 1. The lowest BCUT2D eigenvalue weighted by molar-refractivity contribution is 0.621. The van der Waals surface area contributed by atoms with Gasteiger partial charge in [0.2, 0.25) is 0 Å². The second-order valence-electron chi connectivity index (χ2n) is 3.75. The van der Waals surface area contributed by atoms with Crippen molar-refractivity contribution < 1.29 is 4.39 Å². The van der Waals surface area contributed by atoms with Crippen molar-refractivity contribution in [1.29, 1.82) is 0 Å². The van der Waals surface area contributed by atoms with Gasteiger partial charge in [0.05, 0.1) is 4.47 Å². The molecule has 82 valence electrons. The summed E-state index contributed by atoms with van der Waals surface area (Å²) in [4.78, 5) is 4.22. The first-order chi connectivity index (χ1) is 7.00. The number of aliphatic imine (C=N–C) groups is 1. The highest BCUT2D eigenvalue weighted by molar-refractivity contribution is 9.10. The van der Waals surface area contributed by atoms with Crippen molar-refractivity contribution in [3.63, 3.8) is 0 Å². The highest BCUT2D eigenvalue weighted by atomic mass is 79.9. The van der Waals surface area contributed by atoms with Gasteiger partial charge in [-0.05, 0) is 40.0 Å². The van der Waals surface area contributed by atoms with Crippen molar-refractivity contribution in [3.05, 3.63) is 34.1 Å². The molecule has 0 radical (unpaired) electrons. The summed E-state index contributed by atoms with van der Waals surface area (Å²) >= 11 is 3.11. The summed E-state index contributed by atoms with van der Waals surface area (Å²) in [6, 6.07) is 4.63. The number of nitrogens with zero attached hydrogens (tertiary/aromatic N) is 1. The van der Waals surface area contributed by atoms with Gasteiger partial charge >= 0.3 is 0 Å². The predicted molar refractivity (Wildman–Crippen MR) is 64.5 cm³/mol. The van der Waals surface area contributed by atoms with E-state index in [1.54, 1.807) is 12.1 Å². The van der Waals surface area contributed by atoms with E-state index in [1.165, 1.54) is 6.07 Å². The van der Waals surface area contributed by atoms with Crippen LogP contribution in [0.1, 0.15) is 19.4 Å². The van der Waals surface area contributed by atoms with Crippen molar-refractivity contribution in [2.45, 2.75) is 13.8 Å². The summed E-state index contributed by atoms with van der Waals surface area (Å²) in [5.41, 5.74) is 6.51. The second kappa shape index (κ2) is 5.26. The van der Waals surface area contributed by atoms with Crippen molar-refractivity contribution >= 4 is 21.8 Å². The van der Waals surface area contributed by atoms with Gasteiger partial charge in [-0.2, -0.15) is 0 Å². The fourth-order valence-corrected chi connectivity index (χ4v) is 1.41. The summed E-state index contributed by atoms with van der Waals surface area (Å²) in [6.07, 6.45) is 0. The third kappa shape index (κ3) is 3.63. The van der Waals surface area contributed by atoms with Crippen molar-refractivity contribution in [2.24, 2.45) is 16.6 Å². The minimum absolute atomic E-state index is 0.296. The first kappa shape index (κ1) is 12.2. The molecule has 0 amide bonds. The monoisotopic (exact) mass is 272 g/mol.